The van der Waals surface area contributed by atoms with Gasteiger partial charge in [-0.2, -0.15) is 5.26 Å². The number of nitrogens with zero attached hydrogens (tertiary/aromatic N) is 1. The van der Waals surface area contributed by atoms with Crippen molar-refractivity contribution in [2.24, 2.45) is 5.92 Å². The summed E-state index contributed by atoms with van der Waals surface area (Å²) in [5.41, 5.74) is 3.86. The predicted octanol–water partition coefficient (Wildman–Crippen LogP) is 4.46. The molecule has 0 radical (unpaired) electrons. The highest BCUT2D eigenvalue weighted by Gasteiger charge is 2.16. The van der Waals surface area contributed by atoms with Crippen LogP contribution >= 0.6 is 0 Å². The van der Waals surface area contributed by atoms with Gasteiger partial charge in [-0.3, -0.25) is 0 Å². The first-order valence-electron chi connectivity index (χ1n) is 6.45. The predicted molar refractivity (Wildman–Crippen MR) is 71.3 cm³/mol. The smallest absolute Gasteiger partial charge is 0.0988 e. The highest BCUT2D eigenvalue weighted by molar-refractivity contribution is 5.44. The molecule has 0 aromatic rings. The van der Waals surface area contributed by atoms with Crippen LogP contribution in [0.25, 0.3) is 0 Å². The standard InChI is InChI=1S/C16H19N/c1-2-3-13-4-8-15(9-5-13)16-10-6-14(12-17)7-11-16/h2-3,6-7,10,13H,4-5,8-9,11H2,1H3/b3-2+,16-15?. The molecule has 1 fully saturated rings. The lowest BCUT2D eigenvalue weighted by molar-refractivity contribution is 0.484. The fourth-order valence-corrected chi connectivity index (χ4v) is 2.67. The molecule has 88 valence electrons. The van der Waals surface area contributed by atoms with Crippen molar-refractivity contribution in [1.29, 1.82) is 5.26 Å². The Morgan fingerprint density at radius 3 is 2.59 bits per heavy atom. The zero-order valence-corrected chi connectivity index (χ0v) is 10.4. The van der Waals surface area contributed by atoms with E-state index in [1.165, 1.54) is 31.3 Å². The fraction of sp³-hybridized carbons (Fsp3) is 0.438. The average molecular weight is 225 g/mol. The molecule has 0 saturated heterocycles. The van der Waals surface area contributed by atoms with Crippen molar-refractivity contribution in [3.8, 4) is 6.07 Å². The van der Waals surface area contributed by atoms with Gasteiger partial charge in [0.05, 0.1) is 6.07 Å². The number of allylic oxidation sites excluding steroid dienone is 8. The van der Waals surface area contributed by atoms with Gasteiger partial charge in [0.2, 0.25) is 0 Å². The molecule has 0 aliphatic heterocycles. The van der Waals surface area contributed by atoms with Crippen molar-refractivity contribution in [2.75, 3.05) is 0 Å². The summed E-state index contributed by atoms with van der Waals surface area (Å²) in [4.78, 5) is 0. The molecular weight excluding hydrogens is 206 g/mol. The lowest BCUT2D eigenvalue weighted by Crippen LogP contribution is -2.07. The van der Waals surface area contributed by atoms with Crippen LogP contribution in [0.3, 0.4) is 0 Å². The second-order valence-electron chi connectivity index (χ2n) is 4.80. The van der Waals surface area contributed by atoms with Crippen LogP contribution in [0.4, 0.5) is 0 Å². The Hall–Kier alpha value is -1.55. The summed E-state index contributed by atoms with van der Waals surface area (Å²) in [7, 11) is 0. The Bertz CT molecular complexity index is 431. The van der Waals surface area contributed by atoms with Crippen LogP contribution in [0.1, 0.15) is 39.0 Å². The van der Waals surface area contributed by atoms with Crippen molar-refractivity contribution in [2.45, 2.75) is 39.0 Å². The summed E-state index contributed by atoms with van der Waals surface area (Å²) < 4.78 is 0. The van der Waals surface area contributed by atoms with Crippen LogP contribution in [0, 0.1) is 17.2 Å². The van der Waals surface area contributed by atoms with E-state index in [1.54, 1.807) is 5.57 Å². The highest BCUT2D eigenvalue weighted by atomic mass is 14.3. The normalized spacial score (nSPS) is 24.9. The van der Waals surface area contributed by atoms with Crippen molar-refractivity contribution in [3.63, 3.8) is 0 Å². The van der Waals surface area contributed by atoms with Crippen LogP contribution in [0.15, 0.2) is 47.1 Å². The maximum atomic E-state index is 8.79. The van der Waals surface area contributed by atoms with Gasteiger partial charge < -0.3 is 0 Å². The lowest BCUT2D eigenvalue weighted by atomic mass is 9.82. The van der Waals surface area contributed by atoms with E-state index in [1.807, 2.05) is 12.2 Å². The van der Waals surface area contributed by atoms with Crippen molar-refractivity contribution in [3.05, 3.63) is 47.1 Å². The first-order chi connectivity index (χ1) is 8.33. The Morgan fingerprint density at radius 2 is 2.06 bits per heavy atom. The summed E-state index contributed by atoms with van der Waals surface area (Å²) in [6.45, 7) is 2.10. The number of rotatable bonds is 1. The minimum absolute atomic E-state index is 0.780. The van der Waals surface area contributed by atoms with Crippen LogP contribution in [0.5, 0.6) is 0 Å². The molecule has 0 spiro atoms. The molecule has 2 aliphatic rings. The summed E-state index contributed by atoms with van der Waals surface area (Å²) in [5, 5.41) is 8.79. The van der Waals surface area contributed by atoms with Gasteiger partial charge in [0.15, 0.2) is 0 Å². The van der Waals surface area contributed by atoms with E-state index in [0.717, 1.165) is 17.9 Å². The van der Waals surface area contributed by atoms with Crippen molar-refractivity contribution >= 4 is 0 Å². The average Bonchev–Trinajstić information content (AvgIpc) is 2.40. The monoisotopic (exact) mass is 225 g/mol. The van der Waals surface area contributed by atoms with E-state index >= 15 is 0 Å². The largest absolute Gasteiger partial charge is 0.192 e. The molecule has 0 aromatic heterocycles. The van der Waals surface area contributed by atoms with E-state index in [0.29, 0.717) is 0 Å². The molecule has 0 N–H and O–H groups in total. The molecule has 0 atom stereocenters. The second-order valence-corrected chi connectivity index (χ2v) is 4.80. The third kappa shape index (κ3) is 2.97. The highest BCUT2D eigenvalue weighted by Crippen LogP contribution is 2.33. The third-order valence-corrected chi connectivity index (χ3v) is 3.69. The first kappa shape index (κ1) is 11.9. The van der Waals surface area contributed by atoms with Crippen molar-refractivity contribution < 1.29 is 0 Å². The van der Waals surface area contributed by atoms with Crippen LogP contribution in [-0.4, -0.2) is 0 Å². The van der Waals surface area contributed by atoms with Gasteiger partial charge in [0.25, 0.3) is 0 Å². The summed E-state index contributed by atoms with van der Waals surface area (Å²) >= 11 is 0. The lowest BCUT2D eigenvalue weighted by Gasteiger charge is -2.23. The van der Waals surface area contributed by atoms with Gasteiger partial charge in [-0.05, 0) is 56.6 Å². The number of hydrogen-bond acceptors (Lipinski definition) is 1. The minimum atomic E-state index is 0.780. The zero-order chi connectivity index (χ0) is 12.1. The molecule has 0 amide bonds. The van der Waals surface area contributed by atoms with Gasteiger partial charge in [-0.1, -0.05) is 29.9 Å². The molecule has 2 aliphatic carbocycles. The maximum Gasteiger partial charge on any atom is 0.0988 e. The fourth-order valence-electron chi connectivity index (χ4n) is 2.67. The topological polar surface area (TPSA) is 23.8 Å². The van der Waals surface area contributed by atoms with Gasteiger partial charge in [0.1, 0.15) is 0 Å². The van der Waals surface area contributed by atoms with E-state index in [2.05, 4.69) is 31.2 Å². The van der Waals surface area contributed by atoms with E-state index in [9.17, 15) is 0 Å². The number of nitriles is 1. The molecule has 1 saturated carbocycles. The van der Waals surface area contributed by atoms with Crippen LogP contribution in [0.2, 0.25) is 0 Å². The van der Waals surface area contributed by atoms with Gasteiger partial charge in [-0.15, -0.1) is 0 Å². The molecule has 0 heterocycles. The Morgan fingerprint density at radius 1 is 1.29 bits per heavy atom. The van der Waals surface area contributed by atoms with E-state index < -0.39 is 0 Å². The summed E-state index contributed by atoms with van der Waals surface area (Å²) in [6, 6.07) is 2.19. The Balaban J connectivity index is 2.00. The SMILES string of the molecule is C/C=C/C1CCC(=C2C=CC(C#N)=CC2)CC1. The quantitative estimate of drug-likeness (QED) is 0.604. The van der Waals surface area contributed by atoms with Gasteiger partial charge >= 0.3 is 0 Å². The summed E-state index contributed by atoms with van der Waals surface area (Å²) in [6.07, 6.45) is 16.6. The molecule has 0 aromatic carbocycles. The molecule has 2 rings (SSSR count). The number of hydrogen-bond donors (Lipinski definition) is 0. The first-order valence-corrected chi connectivity index (χ1v) is 6.45. The van der Waals surface area contributed by atoms with E-state index in [-0.39, 0.29) is 0 Å². The van der Waals surface area contributed by atoms with Gasteiger partial charge in [-0.25, -0.2) is 0 Å². The van der Waals surface area contributed by atoms with Gasteiger partial charge in [0, 0.05) is 5.57 Å². The van der Waals surface area contributed by atoms with E-state index in [4.69, 9.17) is 5.26 Å². The van der Waals surface area contributed by atoms with Crippen molar-refractivity contribution in [1.82, 2.24) is 0 Å². The molecular formula is C16H19N. The Kier molecular flexibility index (Phi) is 3.98. The molecule has 17 heavy (non-hydrogen) atoms. The van der Waals surface area contributed by atoms with Crippen LogP contribution in [-0.2, 0) is 0 Å². The third-order valence-electron chi connectivity index (χ3n) is 3.69. The molecule has 0 bridgehead atoms. The maximum absolute atomic E-state index is 8.79. The molecule has 1 heteroatoms. The van der Waals surface area contributed by atoms with Crippen LogP contribution < -0.4 is 0 Å². The second kappa shape index (κ2) is 5.68. The minimum Gasteiger partial charge on any atom is -0.192 e. The molecule has 1 nitrogen and oxygen atoms in total. The zero-order valence-electron chi connectivity index (χ0n) is 10.4. The molecule has 0 unspecified atom stereocenters. The summed E-state index contributed by atoms with van der Waals surface area (Å²) in [5.74, 6) is 0.780. The Labute approximate surface area is 104 Å².